The average molecular weight is 289 g/mol. The fourth-order valence-corrected chi connectivity index (χ4v) is 1.43. The molecule has 0 aliphatic carbocycles. The predicted octanol–water partition coefficient (Wildman–Crippen LogP) is 2.47. The Kier molecular flexibility index (Phi) is 5.79. The third kappa shape index (κ3) is 6.48. The van der Waals surface area contributed by atoms with Crippen molar-refractivity contribution in [2.75, 3.05) is 6.54 Å². The molecule has 21 heavy (non-hydrogen) atoms. The molecular weight excluding hydrogens is 270 g/mol. The van der Waals surface area contributed by atoms with Crippen LogP contribution in [0.25, 0.3) is 0 Å². The number of phenolic OH excluding ortho intramolecular Hbond substituents is 1. The van der Waals surface area contributed by atoms with E-state index in [2.05, 4.69) is 17.2 Å². The Morgan fingerprint density at radius 2 is 2.14 bits per heavy atom. The molecule has 5 nitrogen and oxygen atoms in total. The molecule has 5 heteroatoms. The zero-order valence-corrected chi connectivity index (χ0v) is 12.4. The molecule has 0 radical (unpaired) electrons. The molecule has 0 spiro atoms. The van der Waals surface area contributed by atoms with Crippen LogP contribution in [0.3, 0.4) is 0 Å². The fourth-order valence-electron chi connectivity index (χ4n) is 1.43. The number of aldehydes is 1. The Labute approximate surface area is 124 Å². The number of carbonyl (C=O) groups excluding carboxylic acids is 2. The summed E-state index contributed by atoms with van der Waals surface area (Å²) in [5.74, 6) is 5.66. The van der Waals surface area contributed by atoms with Crippen molar-refractivity contribution in [2.45, 2.75) is 32.8 Å². The molecule has 0 unspecified atom stereocenters. The second kappa shape index (κ2) is 7.34. The Hall–Kier alpha value is -2.48. The van der Waals surface area contributed by atoms with Gasteiger partial charge in [0.25, 0.3) is 0 Å². The number of alkyl carbamates (subject to hydrolysis) is 1. The first-order valence-electron chi connectivity index (χ1n) is 6.56. The van der Waals surface area contributed by atoms with E-state index in [1.54, 1.807) is 26.8 Å². The van der Waals surface area contributed by atoms with Gasteiger partial charge in [0, 0.05) is 18.5 Å². The van der Waals surface area contributed by atoms with Gasteiger partial charge in [-0.05, 0) is 39.0 Å². The highest BCUT2D eigenvalue weighted by molar-refractivity contribution is 5.79. The van der Waals surface area contributed by atoms with Crippen LogP contribution >= 0.6 is 0 Å². The number of nitrogens with one attached hydrogen (secondary N) is 1. The molecule has 2 N–H and O–H groups in total. The van der Waals surface area contributed by atoms with E-state index in [4.69, 9.17) is 4.74 Å². The maximum atomic E-state index is 11.4. The van der Waals surface area contributed by atoms with E-state index in [1.165, 1.54) is 12.1 Å². The zero-order valence-electron chi connectivity index (χ0n) is 12.4. The second-order valence-electron chi connectivity index (χ2n) is 5.37. The summed E-state index contributed by atoms with van der Waals surface area (Å²) in [5.41, 5.74) is 0.313. The lowest BCUT2D eigenvalue weighted by molar-refractivity contribution is 0.0529. The summed E-state index contributed by atoms with van der Waals surface area (Å²) in [6.07, 6.45) is 0.554. The maximum absolute atomic E-state index is 11.4. The van der Waals surface area contributed by atoms with Gasteiger partial charge in [0.15, 0.2) is 6.29 Å². The molecule has 1 aromatic rings. The van der Waals surface area contributed by atoms with Crippen molar-refractivity contribution < 1.29 is 19.4 Å². The molecule has 1 aromatic carbocycles. The number of hydrogen-bond donors (Lipinski definition) is 2. The SMILES string of the molecule is CC(C)(C)OC(=O)NCCC#Cc1ccc(O)c(C=O)c1. The van der Waals surface area contributed by atoms with Crippen molar-refractivity contribution in [3.05, 3.63) is 29.3 Å². The first kappa shape index (κ1) is 16.6. The highest BCUT2D eigenvalue weighted by Crippen LogP contribution is 2.15. The molecule has 0 aromatic heterocycles. The zero-order chi connectivity index (χ0) is 15.9. The van der Waals surface area contributed by atoms with E-state index in [0.717, 1.165) is 0 Å². The second-order valence-corrected chi connectivity index (χ2v) is 5.37. The maximum Gasteiger partial charge on any atom is 0.407 e. The van der Waals surface area contributed by atoms with Crippen molar-refractivity contribution in [1.82, 2.24) is 5.32 Å². The van der Waals surface area contributed by atoms with E-state index >= 15 is 0 Å². The highest BCUT2D eigenvalue weighted by Gasteiger charge is 2.15. The minimum atomic E-state index is -0.521. The monoisotopic (exact) mass is 289 g/mol. The van der Waals surface area contributed by atoms with Gasteiger partial charge < -0.3 is 15.2 Å². The summed E-state index contributed by atoms with van der Waals surface area (Å²) >= 11 is 0. The summed E-state index contributed by atoms with van der Waals surface area (Å²) in [5, 5.41) is 12.0. The van der Waals surface area contributed by atoms with Crippen LogP contribution in [0, 0.1) is 11.8 Å². The standard InChI is InChI=1S/C16H19NO4/c1-16(2,3)21-15(20)17-9-5-4-6-12-7-8-14(19)13(10-12)11-18/h7-8,10-11,19H,5,9H2,1-3H3,(H,17,20). The third-order valence-electron chi connectivity index (χ3n) is 2.31. The molecule has 0 aliphatic heterocycles. The summed E-state index contributed by atoms with van der Waals surface area (Å²) < 4.78 is 5.08. The summed E-state index contributed by atoms with van der Waals surface area (Å²) in [6, 6.07) is 4.56. The first-order valence-corrected chi connectivity index (χ1v) is 6.56. The molecule has 0 saturated heterocycles. The first-order chi connectivity index (χ1) is 9.81. The van der Waals surface area contributed by atoms with Crippen LogP contribution in [0.2, 0.25) is 0 Å². The molecular formula is C16H19NO4. The van der Waals surface area contributed by atoms with Gasteiger partial charge in [0.2, 0.25) is 0 Å². The van der Waals surface area contributed by atoms with Crippen LogP contribution in [0.5, 0.6) is 5.75 Å². The minimum Gasteiger partial charge on any atom is -0.507 e. The van der Waals surface area contributed by atoms with Gasteiger partial charge in [-0.2, -0.15) is 0 Å². The van der Waals surface area contributed by atoms with Crippen LogP contribution in [0.15, 0.2) is 18.2 Å². The minimum absolute atomic E-state index is 0.0675. The lowest BCUT2D eigenvalue weighted by Crippen LogP contribution is -2.32. The van der Waals surface area contributed by atoms with Gasteiger partial charge in [-0.1, -0.05) is 11.8 Å². The quantitative estimate of drug-likeness (QED) is 0.509. The van der Waals surface area contributed by atoms with Crippen molar-refractivity contribution in [3.8, 4) is 17.6 Å². The topological polar surface area (TPSA) is 75.6 Å². The van der Waals surface area contributed by atoms with Gasteiger partial charge in [0.05, 0.1) is 5.56 Å². The van der Waals surface area contributed by atoms with Crippen molar-refractivity contribution in [1.29, 1.82) is 0 Å². The number of rotatable bonds is 3. The fraction of sp³-hybridized carbons (Fsp3) is 0.375. The summed E-state index contributed by atoms with van der Waals surface area (Å²) in [4.78, 5) is 22.0. The van der Waals surface area contributed by atoms with Gasteiger partial charge in [0.1, 0.15) is 11.4 Å². The predicted molar refractivity (Wildman–Crippen MR) is 79.2 cm³/mol. The Balaban J connectivity index is 2.43. The Bertz CT molecular complexity index is 576. The molecule has 0 aliphatic rings. The van der Waals surface area contributed by atoms with Gasteiger partial charge in [-0.15, -0.1) is 0 Å². The summed E-state index contributed by atoms with van der Waals surface area (Å²) in [7, 11) is 0. The largest absolute Gasteiger partial charge is 0.507 e. The number of ether oxygens (including phenoxy) is 1. The van der Waals surface area contributed by atoms with E-state index < -0.39 is 11.7 Å². The molecule has 1 rings (SSSR count). The lowest BCUT2D eigenvalue weighted by Gasteiger charge is -2.19. The third-order valence-corrected chi connectivity index (χ3v) is 2.31. The normalized spacial score (nSPS) is 10.2. The van der Waals surface area contributed by atoms with Crippen LogP contribution in [0.4, 0.5) is 4.79 Å². The Morgan fingerprint density at radius 3 is 2.76 bits per heavy atom. The number of hydrogen-bond acceptors (Lipinski definition) is 4. The van der Waals surface area contributed by atoms with Crippen molar-refractivity contribution >= 4 is 12.4 Å². The lowest BCUT2D eigenvalue weighted by atomic mass is 10.1. The van der Waals surface area contributed by atoms with Gasteiger partial charge in [-0.25, -0.2) is 4.79 Å². The molecule has 0 bridgehead atoms. The van der Waals surface area contributed by atoms with Crippen molar-refractivity contribution in [2.24, 2.45) is 0 Å². The van der Waals surface area contributed by atoms with Gasteiger partial charge >= 0.3 is 6.09 Å². The highest BCUT2D eigenvalue weighted by atomic mass is 16.6. The Morgan fingerprint density at radius 1 is 1.43 bits per heavy atom. The average Bonchev–Trinajstić information content (AvgIpc) is 2.38. The van der Waals surface area contributed by atoms with Crippen LogP contribution in [-0.4, -0.2) is 29.6 Å². The van der Waals surface area contributed by atoms with E-state index in [-0.39, 0.29) is 11.3 Å². The number of phenols is 1. The molecule has 0 fully saturated rings. The van der Waals surface area contributed by atoms with Crippen LogP contribution in [-0.2, 0) is 4.74 Å². The molecule has 112 valence electrons. The molecule has 0 heterocycles. The number of carbonyl (C=O) groups is 2. The van der Waals surface area contributed by atoms with E-state index in [1.807, 2.05) is 0 Å². The molecule has 0 atom stereocenters. The number of amides is 1. The van der Waals surface area contributed by atoms with E-state index in [9.17, 15) is 14.7 Å². The van der Waals surface area contributed by atoms with Crippen LogP contribution < -0.4 is 5.32 Å². The number of aromatic hydroxyl groups is 1. The summed E-state index contributed by atoms with van der Waals surface area (Å²) in [6.45, 7) is 5.76. The van der Waals surface area contributed by atoms with E-state index in [0.29, 0.717) is 24.8 Å². The van der Waals surface area contributed by atoms with Crippen LogP contribution in [0.1, 0.15) is 43.1 Å². The smallest absolute Gasteiger partial charge is 0.407 e. The van der Waals surface area contributed by atoms with Gasteiger partial charge in [-0.3, -0.25) is 4.79 Å². The number of benzene rings is 1. The molecule has 1 amide bonds. The van der Waals surface area contributed by atoms with Crippen molar-refractivity contribution in [3.63, 3.8) is 0 Å². The molecule has 0 saturated carbocycles.